The number of carbonyl (C=O) groups is 1. The number of amides is 1. The maximum atomic E-state index is 12.3. The zero-order valence-corrected chi connectivity index (χ0v) is 17.9. The molecule has 2 aromatic rings. The van der Waals surface area contributed by atoms with E-state index >= 15 is 0 Å². The third-order valence-electron chi connectivity index (χ3n) is 5.29. The molecule has 0 bridgehead atoms. The molecule has 1 amide bonds. The second-order valence-corrected chi connectivity index (χ2v) is 8.48. The van der Waals surface area contributed by atoms with Crippen LogP contribution >= 0.6 is 0 Å². The Balaban J connectivity index is 1.40. The van der Waals surface area contributed by atoms with E-state index in [4.69, 9.17) is 9.26 Å². The smallest absolute Gasteiger partial charge is 0.226 e. The van der Waals surface area contributed by atoms with Crippen molar-refractivity contribution in [3.05, 3.63) is 36.2 Å². The largest absolute Gasteiger partial charge is 0.373 e. The third-order valence-corrected chi connectivity index (χ3v) is 5.29. The Labute approximate surface area is 172 Å². The first kappa shape index (κ1) is 21.5. The van der Waals surface area contributed by atoms with Crippen molar-refractivity contribution in [1.82, 2.24) is 20.4 Å². The molecule has 1 fully saturated rings. The highest BCUT2D eigenvalue weighted by molar-refractivity contribution is 5.75. The summed E-state index contributed by atoms with van der Waals surface area (Å²) < 4.78 is 11.1. The number of aromatic nitrogens is 2. The molecule has 3 rings (SSSR count). The number of carbonyl (C=O) groups excluding carboxylic acids is 1. The zero-order valence-electron chi connectivity index (χ0n) is 17.9. The minimum absolute atomic E-state index is 0.0511. The van der Waals surface area contributed by atoms with Crippen LogP contribution in [0.2, 0.25) is 0 Å². The lowest BCUT2D eigenvalue weighted by atomic mass is 10.00. The fourth-order valence-electron chi connectivity index (χ4n) is 3.65. The first-order valence-electron chi connectivity index (χ1n) is 10.4. The summed E-state index contributed by atoms with van der Waals surface area (Å²) in [6.45, 7) is 10.9. The topological polar surface area (TPSA) is 80.5 Å². The Hall–Kier alpha value is -2.25. The van der Waals surface area contributed by atoms with Gasteiger partial charge >= 0.3 is 0 Å². The number of ether oxygens (including phenoxy) is 1. The summed E-state index contributed by atoms with van der Waals surface area (Å²) in [6, 6.07) is 9.72. The first-order chi connectivity index (χ1) is 13.8. The van der Waals surface area contributed by atoms with Crippen molar-refractivity contribution in [2.45, 2.75) is 64.7 Å². The van der Waals surface area contributed by atoms with Gasteiger partial charge in [-0.2, -0.15) is 4.98 Å². The average Bonchev–Trinajstić information content (AvgIpc) is 3.15. The van der Waals surface area contributed by atoms with Gasteiger partial charge in [0.05, 0.1) is 12.2 Å². The molecule has 0 spiro atoms. The van der Waals surface area contributed by atoms with Crippen LogP contribution in [0.1, 0.15) is 46.4 Å². The number of hydrogen-bond donors (Lipinski definition) is 1. The molecule has 1 aromatic heterocycles. The molecule has 7 nitrogen and oxygen atoms in total. The van der Waals surface area contributed by atoms with Gasteiger partial charge in [0.15, 0.2) is 0 Å². The Morgan fingerprint density at radius 3 is 2.59 bits per heavy atom. The second-order valence-electron chi connectivity index (χ2n) is 8.48. The summed E-state index contributed by atoms with van der Waals surface area (Å²) in [4.78, 5) is 19.1. The fraction of sp³-hybridized carbons (Fsp3) is 0.591. The van der Waals surface area contributed by atoms with E-state index in [0.29, 0.717) is 37.5 Å². The second kappa shape index (κ2) is 9.50. The number of hydrogen-bond acceptors (Lipinski definition) is 6. The summed E-state index contributed by atoms with van der Waals surface area (Å²) in [5.74, 6) is 1.20. The van der Waals surface area contributed by atoms with Crippen LogP contribution in [-0.4, -0.2) is 58.3 Å². The molecule has 7 heteroatoms. The maximum Gasteiger partial charge on any atom is 0.226 e. The normalized spacial score (nSPS) is 20.6. The molecule has 1 aliphatic rings. The van der Waals surface area contributed by atoms with Gasteiger partial charge in [0, 0.05) is 43.6 Å². The lowest BCUT2D eigenvalue weighted by molar-refractivity contribution is -0.123. The highest BCUT2D eigenvalue weighted by atomic mass is 16.5. The number of nitrogens with one attached hydrogen (secondary N) is 1. The van der Waals surface area contributed by atoms with Crippen molar-refractivity contribution < 1.29 is 14.1 Å². The van der Waals surface area contributed by atoms with Crippen LogP contribution in [0, 0.1) is 0 Å². The van der Waals surface area contributed by atoms with Crippen LogP contribution in [-0.2, 0) is 16.0 Å². The van der Waals surface area contributed by atoms with E-state index in [9.17, 15) is 4.79 Å². The van der Waals surface area contributed by atoms with Gasteiger partial charge < -0.3 is 14.6 Å². The monoisotopic (exact) mass is 400 g/mol. The van der Waals surface area contributed by atoms with E-state index in [1.165, 1.54) is 0 Å². The molecule has 0 saturated carbocycles. The van der Waals surface area contributed by atoms with E-state index < -0.39 is 0 Å². The number of nitrogens with zero attached hydrogens (tertiary/aromatic N) is 3. The summed E-state index contributed by atoms with van der Waals surface area (Å²) >= 11 is 0. The molecule has 1 N–H and O–H groups in total. The van der Waals surface area contributed by atoms with Gasteiger partial charge in [-0.15, -0.1) is 0 Å². The van der Waals surface area contributed by atoms with E-state index in [0.717, 1.165) is 18.7 Å². The van der Waals surface area contributed by atoms with Gasteiger partial charge in [0.2, 0.25) is 17.6 Å². The first-order valence-corrected chi connectivity index (χ1v) is 10.4. The van der Waals surface area contributed by atoms with E-state index in [2.05, 4.69) is 48.1 Å². The molecule has 0 aliphatic carbocycles. The predicted molar refractivity (Wildman–Crippen MR) is 111 cm³/mol. The van der Waals surface area contributed by atoms with Crippen molar-refractivity contribution in [3.8, 4) is 11.4 Å². The molecular formula is C22H32N4O3. The predicted octanol–water partition coefficient (Wildman–Crippen LogP) is 3.06. The van der Waals surface area contributed by atoms with E-state index in [1.54, 1.807) is 0 Å². The van der Waals surface area contributed by atoms with Gasteiger partial charge in [-0.1, -0.05) is 35.5 Å². The van der Waals surface area contributed by atoms with Crippen molar-refractivity contribution in [2.75, 3.05) is 19.6 Å². The minimum Gasteiger partial charge on any atom is -0.373 e. The van der Waals surface area contributed by atoms with Crippen LogP contribution < -0.4 is 5.32 Å². The van der Waals surface area contributed by atoms with Crippen molar-refractivity contribution in [3.63, 3.8) is 0 Å². The molecule has 2 heterocycles. The molecule has 1 saturated heterocycles. The highest BCUT2D eigenvalue weighted by Gasteiger charge is 2.33. The Bertz CT molecular complexity index is 780. The Morgan fingerprint density at radius 2 is 1.90 bits per heavy atom. The molecule has 0 radical (unpaired) electrons. The van der Waals surface area contributed by atoms with E-state index in [1.807, 2.05) is 30.3 Å². The molecule has 2 unspecified atom stereocenters. The summed E-state index contributed by atoms with van der Waals surface area (Å²) in [7, 11) is 0. The Kier molecular flexibility index (Phi) is 7.03. The molecule has 158 valence electrons. The highest BCUT2D eigenvalue weighted by Crippen LogP contribution is 2.21. The molecule has 1 aromatic carbocycles. The quantitative estimate of drug-likeness (QED) is 0.734. The summed E-state index contributed by atoms with van der Waals surface area (Å²) in [6.07, 6.45) is 2.13. The number of rotatable bonds is 8. The maximum absolute atomic E-state index is 12.3. The van der Waals surface area contributed by atoms with Gasteiger partial charge in [0.25, 0.3) is 0 Å². The minimum atomic E-state index is -0.112. The third kappa shape index (κ3) is 6.11. The van der Waals surface area contributed by atoms with Crippen LogP contribution in [0.5, 0.6) is 0 Å². The van der Waals surface area contributed by atoms with Crippen LogP contribution in [0.25, 0.3) is 11.4 Å². The number of aryl methyl sites for hydroxylation is 1. The number of benzene rings is 1. The number of morpholine rings is 1. The van der Waals surface area contributed by atoms with Crippen molar-refractivity contribution >= 4 is 5.91 Å². The zero-order chi connectivity index (χ0) is 20.9. The van der Waals surface area contributed by atoms with Gasteiger partial charge in [0.1, 0.15) is 0 Å². The molecule has 29 heavy (non-hydrogen) atoms. The Morgan fingerprint density at radius 1 is 1.21 bits per heavy atom. The SMILES string of the molecule is CC1CN(C(C)(C)CNC(=O)CCCc2nc(-c3ccccc3)no2)CC(C)O1. The lowest BCUT2D eigenvalue weighted by Gasteiger charge is -2.45. The van der Waals surface area contributed by atoms with Crippen LogP contribution in [0.3, 0.4) is 0 Å². The molecular weight excluding hydrogens is 368 g/mol. The van der Waals surface area contributed by atoms with Gasteiger partial charge in [-0.05, 0) is 34.1 Å². The summed E-state index contributed by atoms with van der Waals surface area (Å²) in [5.41, 5.74) is 0.813. The van der Waals surface area contributed by atoms with Crippen LogP contribution in [0.15, 0.2) is 34.9 Å². The van der Waals surface area contributed by atoms with Gasteiger partial charge in [-0.3, -0.25) is 9.69 Å². The van der Waals surface area contributed by atoms with Crippen molar-refractivity contribution in [2.24, 2.45) is 0 Å². The van der Waals surface area contributed by atoms with Gasteiger partial charge in [-0.25, -0.2) is 0 Å². The fourth-order valence-corrected chi connectivity index (χ4v) is 3.65. The molecule has 2 atom stereocenters. The van der Waals surface area contributed by atoms with E-state index in [-0.39, 0.29) is 23.7 Å². The summed E-state index contributed by atoms with van der Waals surface area (Å²) in [5, 5.41) is 7.09. The lowest BCUT2D eigenvalue weighted by Crippen LogP contribution is -2.58. The molecule has 1 aliphatic heterocycles. The standard InChI is InChI=1S/C22H32N4O3/c1-16-13-26(14-17(2)28-16)22(3,4)15-23-19(27)11-8-12-20-24-21(25-29-20)18-9-6-5-7-10-18/h5-7,9-10,16-17H,8,11-15H2,1-4H3,(H,23,27). The van der Waals surface area contributed by atoms with Crippen molar-refractivity contribution in [1.29, 1.82) is 0 Å². The average molecular weight is 401 g/mol. The van der Waals surface area contributed by atoms with Crippen LogP contribution in [0.4, 0.5) is 0 Å².